The molecule has 2 rings (SSSR count). The van der Waals surface area contributed by atoms with Crippen molar-refractivity contribution in [1.29, 1.82) is 0 Å². The number of benzene rings is 1. The highest BCUT2D eigenvalue weighted by atomic mass is 127. The molecule has 10 heteroatoms. The molecule has 30 heavy (non-hydrogen) atoms. The number of guanidine groups is 1. The summed E-state index contributed by atoms with van der Waals surface area (Å²) in [6, 6.07) is 5.73. The molecule has 0 atom stereocenters. The van der Waals surface area contributed by atoms with Crippen LogP contribution in [0.4, 0.5) is 0 Å². The highest BCUT2D eigenvalue weighted by Gasteiger charge is 2.06. The average Bonchev–Trinajstić information content (AvgIpc) is 3.04. The zero-order chi connectivity index (χ0) is 21.1. The SMILES string of the molecule is CCOCCCNC(=NCc1nnc(C)n1C)NCCc1ccc(OC)cc1Cl.I. The number of rotatable bonds is 11. The molecule has 168 valence electrons. The van der Waals surface area contributed by atoms with Crippen LogP contribution in [0.2, 0.25) is 5.02 Å². The van der Waals surface area contributed by atoms with Crippen LogP contribution >= 0.6 is 35.6 Å². The van der Waals surface area contributed by atoms with Crippen LogP contribution in [0.1, 0.15) is 30.6 Å². The van der Waals surface area contributed by atoms with E-state index in [1.165, 1.54) is 0 Å². The van der Waals surface area contributed by atoms with Gasteiger partial charge in [0.05, 0.1) is 7.11 Å². The van der Waals surface area contributed by atoms with E-state index in [-0.39, 0.29) is 24.0 Å². The van der Waals surface area contributed by atoms with Gasteiger partial charge in [-0.25, -0.2) is 4.99 Å². The quantitative estimate of drug-likeness (QED) is 0.194. The van der Waals surface area contributed by atoms with Crippen LogP contribution in [-0.4, -0.2) is 54.1 Å². The number of aliphatic imine (C=N–C) groups is 1. The van der Waals surface area contributed by atoms with E-state index in [9.17, 15) is 0 Å². The van der Waals surface area contributed by atoms with Crippen molar-refractivity contribution in [1.82, 2.24) is 25.4 Å². The highest BCUT2D eigenvalue weighted by Crippen LogP contribution is 2.22. The van der Waals surface area contributed by atoms with Gasteiger partial charge in [0, 0.05) is 38.4 Å². The minimum atomic E-state index is 0. The Balaban J connectivity index is 0.00000450. The Labute approximate surface area is 200 Å². The van der Waals surface area contributed by atoms with Crippen molar-refractivity contribution in [2.24, 2.45) is 12.0 Å². The van der Waals surface area contributed by atoms with Crippen molar-refractivity contribution < 1.29 is 9.47 Å². The van der Waals surface area contributed by atoms with Crippen LogP contribution in [0.3, 0.4) is 0 Å². The molecular weight excluding hydrogens is 519 g/mol. The van der Waals surface area contributed by atoms with Crippen LogP contribution in [0.5, 0.6) is 5.75 Å². The summed E-state index contributed by atoms with van der Waals surface area (Å²) in [4.78, 5) is 4.64. The van der Waals surface area contributed by atoms with Gasteiger partial charge in [0.15, 0.2) is 11.8 Å². The van der Waals surface area contributed by atoms with Crippen LogP contribution < -0.4 is 15.4 Å². The van der Waals surface area contributed by atoms with Gasteiger partial charge in [0.25, 0.3) is 0 Å². The lowest BCUT2D eigenvalue weighted by molar-refractivity contribution is 0.145. The molecule has 0 unspecified atom stereocenters. The summed E-state index contributed by atoms with van der Waals surface area (Å²) < 4.78 is 12.5. The normalized spacial score (nSPS) is 11.2. The van der Waals surface area contributed by atoms with E-state index in [1.54, 1.807) is 7.11 Å². The van der Waals surface area contributed by atoms with Crippen molar-refractivity contribution >= 4 is 41.5 Å². The first-order valence-electron chi connectivity index (χ1n) is 9.82. The molecule has 0 saturated carbocycles. The number of nitrogens with zero attached hydrogens (tertiary/aromatic N) is 4. The number of nitrogens with one attached hydrogen (secondary N) is 2. The number of aromatic nitrogens is 3. The topological polar surface area (TPSA) is 85.6 Å². The number of halogens is 2. The molecule has 0 aliphatic rings. The van der Waals surface area contributed by atoms with Crippen LogP contribution in [0.25, 0.3) is 0 Å². The molecule has 0 fully saturated rings. The fourth-order valence-electron chi connectivity index (χ4n) is 2.61. The molecule has 8 nitrogen and oxygen atoms in total. The monoisotopic (exact) mass is 550 g/mol. The second-order valence-electron chi connectivity index (χ2n) is 6.50. The molecule has 1 aromatic carbocycles. The lowest BCUT2D eigenvalue weighted by atomic mass is 10.1. The summed E-state index contributed by atoms with van der Waals surface area (Å²) in [7, 11) is 3.57. The van der Waals surface area contributed by atoms with E-state index in [1.807, 2.05) is 43.7 Å². The standard InChI is InChI=1S/C20H31ClN6O2.HI/c1-5-29-12-6-10-22-20(24-14-19-26-25-15(2)27(19)3)23-11-9-16-7-8-17(28-4)13-18(16)21;/h7-8,13H,5-6,9-12,14H2,1-4H3,(H2,22,23,24);1H. The summed E-state index contributed by atoms with van der Waals surface area (Å²) in [6.07, 6.45) is 1.67. The van der Waals surface area contributed by atoms with E-state index in [4.69, 9.17) is 21.1 Å². The van der Waals surface area contributed by atoms with Crippen molar-refractivity contribution in [3.05, 3.63) is 40.4 Å². The molecular formula is C20H32ClIN6O2. The first-order valence-corrected chi connectivity index (χ1v) is 10.2. The Bertz CT molecular complexity index is 800. The van der Waals surface area contributed by atoms with E-state index in [2.05, 4.69) is 25.8 Å². The fourth-order valence-corrected chi connectivity index (χ4v) is 2.88. The van der Waals surface area contributed by atoms with Crippen molar-refractivity contribution in [3.8, 4) is 5.75 Å². The zero-order valence-electron chi connectivity index (χ0n) is 18.1. The Morgan fingerprint density at radius 3 is 2.63 bits per heavy atom. The Morgan fingerprint density at radius 2 is 2.00 bits per heavy atom. The summed E-state index contributed by atoms with van der Waals surface area (Å²) in [5, 5.41) is 15.6. The van der Waals surface area contributed by atoms with Crippen LogP contribution in [0, 0.1) is 6.92 Å². The number of ether oxygens (including phenoxy) is 2. The van der Waals surface area contributed by atoms with E-state index in [0.29, 0.717) is 18.1 Å². The second kappa shape index (κ2) is 14.4. The molecule has 2 aromatic rings. The van der Waals surface area contributed by atoms with Crippen LogP contribution in [0.15, 0.2) is 23.2 Å². The minimum absolute atomic E-state index is 0. The zero-order valence-corrected chi connectivity index (χ0v) is 21.2. The number of hydrogen-bond donors (Lipinski definition) is 2. The number of methoxy groups -OCH3 is 1. The summed E-state index contributed by atoms with van der Waals surface area (Å²) in [6.45, 7) is 7.28. The van der Waals surface area contributed by atoms with Gasteiger partial charge in [0.1, 0.15) is 18.1 Å². The molecule has 1 aromatic heterocycles. The van der Waals surface area contributed by atoms with Crippen LogP contribution in [-0.2, 0) is 24.8 Å². The van der Waals surface area contributed by atoms with Gasteiger partial charge >= 0.3 is 0 Å². The third-order valence-electron chi connectivity index (χ3n) is 4.47. The van der Waals surface area contributed by atoms with Gasteiger partial charge in [-0.2, -0.15) is 0 Å². The van der Waals surface area contributed by atoms with E-state index in [0.717, 1.165) is 61.5 Å². The van der Waals surface area contributed by atoms with Crippen molar-refractivity contribution in [2.45, 2.75) is 33.2 Å². The first-order chi connectivity index (χ1) is 14.0. The molecule has 0 amide bonds. The maximum Gasteiger partial charge on any atom is 0.191 e. The smallest absolute Gasteiger partial charge is 0.191 e. The Kier molecular flexibility index (Phi) is 12.7. The van der Waals surface area contributed by atoms with Crippen molar-refractivity contribution in [2.75, 3.05) is 33.4 Å². The van der Waals surface area contributed by atoms with Crippen molar-refractivity contribution in [3.63, 3.8) is 0 Å². The minimum Gasteiger partial charge on any atom is -0.497 e. The lowest BCUT2D eigenvalue weighted by Gasteiger charge is -2.13. The molecule has 0 radical (unpaired) electrons. The summed E-state index contributed by atoms with van der Waals surface area (Å²) >= 11 is 6.33. The summed E-state index contributed by atoms with van der Waals surface area (Å²) in [5.41, 5.74) is 1.06. The molecule has 2 N–H and O–H groups in total. The van der Waals surface area contributed by atoms with Gasteiger partial charge in [-0.3, -0.25) is 0 Å². The average molecular weight is 551 g/mol. The predicted molar refractivity (Wildman–Crippen MR) is 131 cm³/mol. The van der Waals surface area contributed by atoms with Gasteiger partial charge in [-0.15, -0.1) is 34.2 Å². The number of aryl methyl sites for hydroxylation is 1. The molecule has 0 aliphatic carbocycles. The highest BCUT2D eigenvalue weighted by molar-refractivity contribution is 14.0. The second-order valence-corrected chi connectivity index (χ2v) is 6.91. The molecule has 0 bridgehead atoms. The van der Waals surface area contributed by atoms with Gasteiger partial charge < -0.3 is 24.7 Å². The van der Waals surface area contributed by atoms with E-state index < -0.39 is 0 Å². The van der Waals surface area contributed by atoms with Gasteiger partial charge in [-0.05, 0) is 44.4 Å². The summed E-state index contributed by atoms with van der Waals surface area (Å²) in [5.74, 6) is 3.16. The van der Waals surface area contributed by atoms with E-state index >= 15 is 0 Å². The predicted octanol–water partition coefficient (Wildman–Crippen LogP) is 3.11. The third kappa shape index (κ3) is 8.65. The van der Waals surface area contributed by atoms with Gasteiger partial charge in [0.2, 0.25) is 0 Å². The molecule has 1 heterocycles. The Morgan fingerprint density at radius 1 is 1.23 bits per heavy atom. The van der Waals surface area contributed by atoms with Gasteiger partial charge in [-0.1, -0.05) is 17.7 Å². The maximum absolute atomic E-state index is 6.33. The fraction of sp³-hybridized carbons (Fsp3) is 0.550. The Hall–Kier alpha value is -1.59. The molecule has 0 saturated heterocycles. The third-order valence-corrected chi connectivity index (χ3v) is 4.82. The number of hydrogen-bond acceptors (Lipinski definition) is 5. The first kappa shape index (κ1) is 26.4. The molecule has 0 spiro atoms. The molecule has 0 aliphatic heterocycles. The maximum atomic E-state index is 6.33. The largest absolute Gasteiger partial charge is 0.497 e. The lowest BCUT2D eigenvalue weighted by Crippen LogP contribution is -2.39.